The minimum Gasteiger partial charge on any atom is -0.496 e. The molecule has 0 spiro atoms. The molecule has 0 atom stereocenters. The van der Waals surface area contributed by atoms with Crippen molar-refractivity contribution >= 4 is 17.4 Å². The summed E-state index contributed by atoms with van der Waals surface area (Å²) in [5.41, 5.74) is 2.07. The number of halogens is 1. The molecule has 5 heteroatoms. The van der Waals surface area contributed by atoms with Crippen LogP contribution in [0, 0.1) is 0 Å². The first-order valence-electron chi connectivity index (χ1n) is 6.88. The Kier molecular flexibility index (Phi) is 5.02. The number of benzene rings is 1. The summed E-state index contributed by atoms with van der Waals surface area (Å²) in [6.45, 7) is 4.87. The SMILES string of the molecule is COc1ccccc1CN(C)c1ncnc(Cl)c1C(C)C. The minimum atomic E-state index is 0.258. The van der Waals surface area contributed by atoms with E-state index in [2.05, 4.69) is 28.7 Å². The Hall–Kier alpha value is -1.81. The zero-order valence-corrected chi connectivity index (χ0v) is 13.6. The molecule has 2 aromatic rings. The summed E-state index contributed by atoms with van der Waals surface area (Å²) in [5, 5.41) is 0.516. The lowest BCUT2D eigenvalue weighted by molar-refractivity contribution is 0.409. The van der Waals surface area contributed by atoms with Crippen LogP contribution in [0.15, 0.2) is 30.6 Å². The lowest BCUT2D eigenvalue weighted by Gasteiger charge is -2.23. The third-order valence-corrected chi connectivity index (χ3v) is 3.65. The highest BCUT2D eigenvalue weighted by Gasteiger charge is 2.17. The van der Waals surface area contributed by atoms with Crippen LogP contribution in [0.4, 0.5) is 5.82 Å². The van der Waals surface area contributed by atoms with E-state index in [1.165, 1.54) is 6.33 Å². The topological polar surface area (TPSA) is 38.2 Å². The zero-order chi connectivity index (χ0) is 15.4. The second kappa shape index (κ2) is 6.76. The Morgan fingerprint density at radius 2 is 1.95 bits per heavy atom. The van der Waals surface area contributed by atoms with Gasteiger partial charge in [0.15, 0.2) is 0 Å². The molecule has 1 heterocycles. The molecule has 0 aliphatic carbocycles. The Morgan fingerprint density at radius 3 is 2.62 bits per heavy atom. The number of para-hydroxylation sites is 1. The summed E-state index contributed by atoms with van der Waals surface area (Å²) in [4.78, 5) is 10.6. The Balaban J connectivity index is 2.33. The monoisotopic (exact) mass is 305 g/mol. The van der Waals surface area contributed by atoms with Gasteiger partial charge in [0.2, 0.25) is 0 Å². The van der Waals surface area contributed by atoms with Crippen molar-refractivity contribution in [2.24, 2.45) is 0 Å². The molecule has 21 heavy (non-hydrogen) atoms. The number of hydrogen-bond acceptors (Lipinski definition) is 4. The summed E-state index contributed by atoms with van der Waals surface area (Å²) >= 11 is 6.23. The van der Waals surface area contributed by atoms with Crippen LogP contribution in [0.1, 0.15) is 30.9 Å². The Bertz CT molecular complexity index is 616. The first kappa shape index (κ1) is 15.6. The van der Waals surface area contributed by atoms with Gasteiger partial charge in [0.05, 0.1) is 7.11 Å². The number of aromatic nitrogens is 2. The van der Waals surface area contributed by atoms with Gasteiger partial charge in [-0.3, -0.25) is 0 Å². The molecule has 1 aromatic heterocycles. The molecule has 0 unspecified atom stereocenters. The predicted octanol–water partition coefficient (Wildman–Crippen LogP) is 3.90. The quantitative estimate of drug-likeness (QED) is 0.785. The van der Waals surface area contributed by atoms with Crippen molar-refractivity contribution in [1.82, 2.24) is 9.97 Å². The molecule has 112 valence electrons. The molecule has 0 radical (unpaired) electrons. The van der Waals surface area contributed by atoms with Gasteiger partial charge in [0.1, 0.15) is 23.0 Å². The van der Waals surface area contributed by atoms with Crippen molar-refractivity contribution in [3.63, 3.8) is 0 Å². The summed E-state index contributed by atoms with van der Waals surface area (Å²) in [7, 11) is 3.68. The van der Waals surface area contributed by atoms with Crippen LogP contribution < -0.4 is 9.64 Å². The second-order valence-corrected chi connectivity index (χ2v) is 5.58. The maximum Gasteiger partial charge on any atom is 0.138 e. The Morgan fingerprint density at radius 1 is 1.24 bits per heavy atom. The summed E-state index contributed by atoms with van der Waals surface area (Å²) in [5.74, 6) is 1.99. The van der Waals surface area contributed by atoms with Crippen molar-refractivity contribution in [2.75, 3.05) is 19.1 Å². The highest BCUT2D eigenvalue weighted by Crippen LogP contribution is 2.31. The van der Waals surface area contributed by atoms with Crippen molar-refractivity contribution in [3.8, 4) is 5.75 Å². The van der Waals surface area contributed by atoms with Crippen LogP contribution in [0.5, 0.6) is 5.75 Å². The van der Waals surface area contributed by atoms with Crippen LogP contribution in [-0.2, 0) is 6.54 Å². The molecule has 1 aromatic carbocycles. The smallest absolute Gasteiger partial charge is 0.138 e. The van der Waals surface area contributed by atoms with Gasteiger partial charge < -0.3 is 9.64 Å². The minimum absolute atomic E-state index is 0.258. The highest BCUT2D eigenvalue weighted by atomic mass is 35.5. The van der Waals surface area contributed by atoms with E-state index >= 15 is 0 Å². The van der Waals surface area contributed by atoms with Crippen molar-refractivity contribution in [3.05, 3.63) is 46.9 Å². The maximum absolute atomic E-state index is 6.23. The molecule has 0 saturated carbocycles. The maximum atomic E-state index is 6.23. The molecular formula is C16H20ClN3O. The van der Waals surface area contributed by atoms with E-state index < -0.39 is 0 Å². The molecule has 2 rings (SSSR count). The fourth-order valence-electron chi connectivity index (χ4n) is 2.33. The number of rotatable bonds is 5. The lowest BCUT2D eigenvalue weighted by atomic mass is 10.1. The number of anilines is 1. The lowest BCUT2D eigenvalue weighted by Crippen LogP contribution is -2.20. The van der Waals surface area contributed by atoms with Gasteiger partial charge in [-0.2, -0.15) is 0 Å². The zero-order valence-electron chi connectivity index (χ0n) is 12.8. The second-order valence-electron chi connectivity index (χ2n) is 5.22. The molecule has 0 aliphatic rings. The van der Waals surface area contributed by atoms with Crippen LogP contribution >= 0.6 is 11.6 Å². The van der Waals surface area contributed by atoms with Crippen LogP contribution in [0.2, 0.25) is 5.15 Å². The first-order valence-corrected chi connectivity index (χ1v) is 7.25. The van der Waals surface area contributed by atoms with Crippen LogP contribution in [-0.4, -0.2) is 24.1 Å². The predicted molar refractivity (Wildman–Crippen MR) is 86.2 cm³/mol. The van der Waals surface area contributed by atoms with Crippen molar-refractivity contribution in [1.29, 1.82) is 0 Å². The highest BCUT2D eigenvalue weighted by molar-refractivity contribution is 6.30. The first-order chi connectivity index (χ1) is 10.0. The normalized spacial score (nSPS) is 10.8. The average molecular weight is 306 g/mol. The van der Waals surface area contributed by atoms with Gasteiger partial charge in [-0.25, -0.2) is 9.97 Å². The third kappa shape index (κ3) is 3.45. The van der Waals surface area contributed by atoms with E-state index in [1.807, 2.05) is 31.3 Å². The largest absolute Gasteiger partial charge is 0.496 e. The summed E-state index contributed by atoms with van der Waals surface area (Å²) < 4.78 is 5.40. The number of nitrogens with zero attached hydrogens (tertiary/aromatic N) is 3. The molecular weight excluding hydrogens is 286 g/mol. The average Bonchev–Trinajstić information content (AvgIpc) is 2.47. The van der Waals surface area contributed by atoms with Crippen molar-refractivity contribution < 1.29 is 4.74 Å². The number of hydrogen-bond donors (Lipinski definition) is 0. The van der Waals surface area contributed by atoms with Crippen LogP contribution in [0.3, 0.4) is 0 Å². The van der Waals surface area contributed by atoms with Crippen LogP contribution in [0.25, 0.3) is 0 Å². The van der Waals surface area contributed by atoms with E-state index in [0.717, 1.165) is 22.7 Å². The molecule has 0 saturated heterocycles. The van der Waals surface area contributed by atoms with Gasteiger partial charge in [-0.05, 0) is 12.0 Å². The Labute approximate surface area is 130 Å². The van der Waals surface area contributed by atoms with Gasteiger partial charge in [-0.15, -0.1) is 0 Å². The number of methoxy groups -OCH3 is 1. The third-order valence-electron chi connectivity index (χ3n) is 3.35. The van der Waals surface area contributed by atoms with Gasteiger partial charge in [-0.1, -0.05) is 43.6 Å². The molecule has 0 fully saturated rings. The van der Waals surface area contributed by atoms with E-state index in [9.17, 15) is 0 Å². The molecule has 4 nitrogen and oxygen atoms in total. The molecule has 0 bridgehead atoms. The van der Waals surface area contributed by atoms with E-state index in [0.29, 0.717) is 11.7 Å². The van der Waals surface area contributed by atoms with Gasteiger partial charge >= 0.3 is 0 Å². The van der Waals surface area contributed by atoms with Gasteiger partial charge in [0.25, 0.3) is 0 Å². The fraction of sp³-hybridized carbons (Fsp3) is 0.375. The molecule has 0 N–H and O–H groups in total. The van der Waals surface area contributed by atoms with E-state index in [4.69, 9.17) is 16.3 Å². The summed E-state index contributed by atoms with van der Waals surface area (Å²) in [6, 6.07) is 7.97. The summed E-state index contributed by atoms with van der Waals surface area (Å²) in [6.07, 6.45) is 1.50. The fourth-order valence-corrected chi connectivity index (χ4v) is 2.68. The van der Waals surface area contributed by atoms with E-state index in [-0.39, 0.29) is 5.92 Å². The van der Waals surface area contributed by atoms with Gasteiger partial charge in [0, 0.05) is 24.7 Å². The standard InChI is InChI=1S/C16H20ClN3O/c1-11(2)14-15(17)18-10-19-16(14)20(3)9-12-7-5-6-8-13(12)21-4/h5-8,10-11H,9H2,1-4H3. The van der Waals surface area contributed by atoms with E-state index in [1.54, 1.807) is 7.11 Å². The van der Waals surface area contributed by atoms with Crippen molar-refractivity contribution in [2.45, 2.75) is 26.3 Å². The molecule has 0 aliphatic heterocycles. The number of ether oxygens (including phenoxy) is 1. The molecule has 0 amide bonds.